The first kappa shape index (κ1) is 11.0. The molecular formula is C11H11BrO2. The van der Waals surface area contributed by atoms with E-state index in [0.717, 1.165) is 21.7 Å². The van der Waals surface area contributed by atoms with Crippen molar-refractivity contribution in [3.05, 3.63) is 40.4 Å². The van der Waals surface area contributed by atoms with E-state index < -0.39 is 5.97 Å². The number of hydrogen-bond acceptors (Lipinski definition) is 2. The van der Waals surface area contributed by atoms with E-state index >= 15 is 0 Å². The van der Waals surface area contributed by atoms with Crippen LogP contribution in [0.5, 0.6) is 5.75 Å². The van der Waals surface area contributed by atoms with Crippen molar-refractivity contribution in [2.24, 2.45) is 0 Å². The van der Waals surface area contributed by atoms with Crippen molar-refractivity contribution in [1.29, 1.82) is 0 Å². The molecule has 1 rings (SSSR count). The van der Waals surface area contributed by atoms with Gasteiger partial charge in [-0.05, 0) is 37.1 Å². The minimum Gasteiger partial charge on any atom is -0.423 e. The molecule has 0 fully saturated rings. The Bertz CT molecular complexity index is 360. The van der Waals surface area contributed by atoms with Crippen LogP contribution in [0.25, 0.3) is 0 Å². The van der Waals surface area contributed by atoms with Gasteiger partial charge in [0.05, 0.1) is 0 Å². The molecule has 0 spiro atoms. The van der Waals surface area contributed by atoms with Crippen LogP contribution in [0.1, 0.15) is 11.1 Å². The molecule has 0 N–H and O–H groups in total. The Balaban J connectivity index is 3.08. The third kappa shape index (κ3) is 2.45. The number of hydrogen-bond donors (Lipinski definition) is 0. The van der Waals surface area contributed by atoms with Gasteiger partial charge in [0.1, 0.15) is 5.75 Å². The number of esters is 1. The van der Waals surface area contributed by atoms with Crippen molar-refractivity contribution in [1.82, 2.24) is 0 Å². The number of carbonyl (C=O) groups excluding carboxylic acids is 1. The summed E-state index contributed by atoms with van der Waals surface area (Å²) in [6.07, 6.45) is 1.15. The Morgan fingerprint density at radius 3 is 2.36 bits per heavy atom. The molecule has 0 aromatic heterocycles. The largest absolute Gasteiger partial charge is 0.423 e. The molecule has 14 heavy (non-hydrogen) atoms. The maximum Gasteiger partial charge on any atom is 0.335 e. The van der Waals surface area contributed by atoms with E-state index in [0.29, 0.717) is 5.75 Å². The maximum atomic E-state index is 11.0. The van der Waals surface area contributed by atoms with Gasteiger partial charge in [0.25, 0.3) is 0 Å². The molecule has 0 radical (unpaired) electrons. The summed E-state index contributed by atoms with van der Waals surface area (Å²) >= 11 is 3.37. The maximum absolute atomic E-state index is 11.0. The second-order valence-corrected chi connectivity index (χ2v) is 3.91. The van der Waals surface area contributed by atoms with Gasteiger partial charge >= 0.3 is 5.97 Å². The molecule has 0 amide bonds. The van der Waals surface area contributed by atoms with E-state index in [9.17, 15) is 4.79 Å². The molecule has 0 aliphatic rings. The molecule has 0 heterocycles. The van der Waals surface area contributed by atoms with E-state index in [1.807, 2.05) is 26.0 Å². The molecular weight excluding hydrogens is 244 g/mol. The molecule has 0 aliphatic heterocycles. The molecule has 3 heteroatoms. The van der Waals surface area contributed by atoms with Crippen molar-refractivity contribution in [3.63, 3.8) is 0 Å². The summed E-state index contributed by atoms with van der Waals surface area (Å²) in [6, 6.07) is 3.80. The summed E-state index contributed by atoms with van der Waals surface area (Å²) < 4.78 is 6.08. The molecule has 0 atom stereocenters. The van der Waals surface area contributed by atoms with E-state index in [1.54, 1.807) is 0 Å². The molecule has 0 bridgehead atoms. The fourth-order valence-electron chi connectivity index (χ4n) is 1.20. The summed E-state index contributed by atoms with van der Waals surface area (Å²) in [5, 5.41) is 0. The van der Waals surface area contributed by atoms with Gasteiger partial charge in [0.2, 0.25) is 0 Å². The third-order valence-electron chi connectivity index (χ3n) is 1.79. The number of aryl methyl sites for hydroxylation is 2. The topological polar surface area (TPSA) is 26.3 Å². The Labute approximate surface area is 91.7 Å². The van der Waals surface area contributed by atoms with Gasteiger partial charge in [-0.3, -0.25) is 0 Å². The van der Waals surface area contributed by atoms with Crippen molar-refractivity contribution < 1.29 is 9.53 Å². The quantitative estimate of drug-likeness (QED) is 0.461. The summed E-state index contributed by atoms with van der Waals surface area (Å²) in [4.78, 5) is 11.0. The van der Waals surface area contributed by atoms with Gasteiger partial charge in [-0.25, -0.2) is 4.79 Å². The minimum absolute atomic E-state index is 0.432. The summed E-state index contributed by atoms with van der Waals surface area (Å²) in [6.45, 7) is 7.13. The van der Waals surface area contributed by atoms with Crippen LogP contribution in [0.15, 0.2) is 29.3 Å². The van der Waals surface area contributed by atoms with Crippen LogP contribution in [0, 0.1) is 13.8 Å². The van der Waals surface area contributed by atoms with Crippen LogP contribution in [-0.4, -0.2) is 5.97 Å². The van der Waals surface area contributed by atoms with E-state index in [1.165, 1.54) is 0 Å². The van der Waals surface area contributed by atoms with Crippen molar-refractivity contribution in [3.8, 4) is 5.75 Å². The normalized spacial score (nSPS) is 9.64. The van der Waals surface area contributed by atoms with Crippen molar-refractivity contribution in [2.45, 2.75) is 13.8 Å². The molecule has 0 saturated carbocycles. The lowest BCUT2D eigenvalue weighted by molar-refractivity contribution is -0.129. The molecule has 0 unspecified atom stereocenters. The summed E-state index contributed by atoms with van der Waals surface area (Å²) in [5.41, 5.74) is 1.85. The first-order chi connectivity index (χ1) is 6.54. The smallest absolute Gasteiger partial charge is 0.335 e. The highest BCUT2D eigenvalue weighted by molar-refractivity contribution is 9.10. The first-order valence-corrected chi connectivity index (χ1v) is 4.95. The van der Waals surface area contributed by atoms with Gasteiger partial charge < -0.3 is 4.74 Å². The predicted molar refractivity (Wildman–Crippen MR) is 59.4 cm³/mol. The summed E-state index contributed by atoms with van der Waals surface area (Å²) in [5.74, 6) is 0.177. The minimum atomic E-state index is -0.432. The SMILES string of the molecule is C=CC(=O)Oc1c(C)cc(Br)cc1C. The van der Waals surface area contributed by atoms with Crippen molar-refractivity contribution >= 4 is 21.9 Å². The lowest BCUT2D eigenvalue weighted by atomic mass is 10.1. The average molecular weight is 255 g/mol. The molecule has 0 saturated heterocycles. The second kappa shape index (κ2) is 4.42. The van der Waals surface area contributed by atoms with Crippen LogP contribution in [0.4, 0.5) is 0 Å². The Kier molecular flexibility index (Phi) is 3.47. The van der Waals surface area contributed by atoms with Crippen LogP contribution >= 0.6 is 15.9 Å². The molecule has 0 aliphatic carbocycles. The van der Waals surface area contributed by atoms with Crippen LogP contribution < -0.4 is 4.74 Å². The fourth-order valence-corrected chi connectivity index (χ4v) is 1.89. The number of carbonyl (C=O) groups is 1. The number of halogens is 1. The molecule has 74 valence electrons. The zero-order chi connectivity index (χ0) is 10.7. The second-order valence-electron chi connectivity index (χ2n) is 2.99. The lowest BCUT2D eigenvalue weighted by Gasteiger charge is -2.09. The summed E-state index contributed by atoms with van der Waals surface area (Å²) in [7, 11) is 0. The van der Waals surface area contributed by atoms with Gasteiger partial charge in [0, 0.05) is 10.5 Å². The average Bonchev–Trinajstić information content (AvgIpc) is 2.10. The third-order valence-corrected chi connectivity index (χ3v) is 2.25. The van der Waals surface area contributed by atoms with Crippen LogP contribution in [0.3, 0.4) is 0 Å². The van der Waals surface area contributed by atoms with Gasteiger partial charge in [-0.1, -0.05) is 22.5 Å². The van der Waals surface area contributed by atoms with Gasteiger partial charge in [0.15, 0.2) is 0 Å². The zero-order valence-electron chi connectivity index (χ0n) is 8.13. The highest BCUT2D eigenvalue weighted by Crippen LogP contribution is 2.27. The van der Waals surface area contributed by atoms with Crippen molar-refractivity contribution in [2.75, 3.05) is 0 Å². The van der Waals surface area contributed by atoms with Gasteiger partial charge in [-0.15, -0.1) is 0 Å². The van der Waals surface area contributed by atoms with Gasteiger partial charge in [-0.2, -0.15) is 0 Å². The Hall–Kier alpha value is -1.09. The highest BCUT2D eigenvalue weighted by atomic mass is 79.9. The number of benzene rings is 1. The molecule has 1 aromatic carbocycles. The Morgan fingerprint density at radius 2 is 1.93 bits per heavy atom. The first-order valence-electron chi connectivity index (χ1n) is 4.15. The molecule has 2 nitrogen and oxygen atoms in total. The lowest BCUT2D eigenvalue weighted by Crippen LogP contribution is -2.05. The zero-order valence-corrected chi connectivity index (χ0v) is 9.72. The van der Waals surface area contributed by atoms with Crippen LogP contribution in [0.2, 0.25) is 0 Å². The monoisotopic (exact) mass is 254 g/mol. The fraction of sp³-hybridized carbons (Fsp3) is 0.182. The van der Waals surface area contributed by atoms with E-state index in [4.69, 9.17) is 4.74 Å². The number of ether oxygens (including phenoxy) is 1. The standard InChI is InChI=1S/C11H11BrO2/c1-4-10(13)14-11-7(2)5-9(12)6-8(11)3/h4-6H,1H2,2-3H3. The Morgan fingerprint density at radius 1 is 1.43 bits per heavy atom. The number of rotatable bonds is 2. The predicted octanol–water partition coefficient (Wildman–Crippen LogP) is 3.16. The van der Waals surface area contributed by atoms with E-state index in [-0.39, 0.29) is 0 Å². The van der Waals surface area contributed by atoms with Crippen LogP contribution in [-0.2, 0) is 4.79 Å². The molecule has 1 aromatic rings. The van der Waals surface area contributed by atoms with E-state index in [2.05, 4.69) is 22.5 Å². The highest BCUT2D eigenvalue weighted by Gasteiger charge is 2.08.